The van der Waals surface area contributed by atoms with Crippen LogP contribution in [0.1, 0.15) is 30.2 Å². The van der Waals surface area contributed by atoms with Crippen LogP contribution in [-0.4, -0.2) is 33.9 Å². The predicted octanol–water partition coefficient (Wildman–Crippen LogP) is 0.499. The number of hydrogen-bond donors (Lipinski definition) is 1. The van der Waals surface area contributed by atoms with Gasteiger partial charge in [-0.15, -0.1) is 0 Å². The molecular weight excluding hydrogens is 373 g/mol. The Labute approximate surface area is 185 Å². The minimum atomic E-state index is -0.999. The smallest absolute Gasteiger partial charge is 1.00 e. The van der Waals surface area contributed by atoms with E-state index in [-0.39, 0.29) is 48.4 Å². The summed E-state index contributed by atoms with van der Waals surface area (Å²) in [6.07, 6.45) is 1.15. The molecule has 2 aromatic carbocycles. The Morgan fingerprint density at radius 2 is 1.74 bits per heavy atom. The number of rotatable bonds is 5. The minimum absolute atomic E-state index is 0. The van der Waals surface area contributed by atoms with Crippen molar-refractivity contribution in [3.8, 4) is 0 Å². The molecule has 0 spiro atoms. The van der Waals surface area contributed by atoms with Gasteiger partial charge < -0.3 is 6.53 Å². The van der Waals surface area contributed by atoms with Crippen LogP contribution in [0.4, 0.5) is 5.69 Å². The molecule has 0 saturated carbocycles. The third kappa shape index (κ3) is 5.23. The quantitative estimate of drug-likeness (QED) is 0.749. The van der Waals surface area contributed by atoms with Crippen LogP contribution in [0, 0.1) is 0 Å². The molecule has 1 atom stereocenters. The maximum Gasteiger partial charge on any atom is 1.00 e. The number of carbonyl (C=O) groups excluding carboxylic acids is 2. The van der Waals surface area contributed by atoms with Crippen LogP contribution in [0.15, 0.2) is 54.6 Å². The topological polar surface area (TPSA) is 74.7 Å². The van der Waals surface area contributed by atoms with E-state index in [1.54, 1.807) is 36.4 Å². The van der Waals surface area contributed by atoms with Crippen molar-refractivity contribution in [1.29, 1.82) is 0 Å². The zero-order valence-corrected chi connectivity index (χ0v) is 17.9. The normalized spacial score (nSPS) is 15.4. The summed E-state index contributed by atoms with van der Waals surface area (Å²) in [7, 11) is 0. The number of carboxylic acid groups (broad SMARTS) is 1. The maximum absolute atomic E-state index is 12.7. The molecule has 3 rings (SSSR count). The largest absolute Gasteiger partial charge is 1.00 e. The number of aryl methyl sites for hydroxylation is 1. The first-order valence-corrected chi connectivity index (χ1v) is 9.41. The van der Waals surface area contributed by atoms with Crippen molar-refractivity contribution in [3.05, 3.63) is 65.7 Å². The molecule has 5 nitrogen and oxygen atoms in total. The molecule has 1 heterocycles. The molecule has 0 bridgehead atoms. The van der Waals surface area contributed by atoms with Gasteiger partial charge in [-0.3, -0.25) is 14.5 Å². The Kier molecular flexibility index (Phi) is 8.10. The Hall–Kier alpha value is -1.60. The molecule has 1 aliphatic heterocycles. The van der Waals surface area contributed by atoms with Gasteiger partial charge in [-0.1, -0.05) is 60.3 Å². The SMILES string of the molecule is O=C(SCCC(=O)N1c2ccccc2CC[C@@H]1C(=O)O)c1ccccc1.[H-].[Na+]. The number of nitrogens with zero attached hydrogens (tertiary/aromatic N) is 1. The van der Waals surface area contributed by atoms with Gasteiger partial charge in [-0.25, -0.2) is 4.79 Å². The summed E-state index contributed by atoms with van der Waals surface area (Å²) in [5.74, 6) is -0.948. The summed E-state index contributed by atoms with van der Waals surface area (Å²) >= 11 is 1.08. The van der Waals surface area contributed by atoms with Crippen LogP contribution in [0.25, 0.3) is 0 Å². The molecule has 0 radical (unpaired) electrons. The van der Waals surface area contributed by atoms with Crippen LogP contribution in [-0.2, 0) is 16.0 Å². The standard InChI is InChI=1S/C20H19NO4S.Na.H/c22-18(12-13-26-20(25)15-7-2-1-3-8-15)21-16-9-5-4-6-14(16)10-11-17(21)19(23)24;;/h1-9,17H,10-13H2,(H,23,24);;/q;+1;-1/t17-;;/m1../s1. The molecule has 0 saturated heterocycles. The fourth-order valence-electron chi connectivity index (χ4n) is 3.10. The monoisotopic (exact) mass is 393 g/mol. The number of aliphatic carboxylic acids is 1. The second-order valence-corrected chi connectivity index (χ2v) is 7.10. The molecule has 1 aliphatic rings. The first-order valence-electron chi connectivity index (χ1n) is 8.43. The van der Waals surface area contributed by atoms with E-state index in [9.17, 15) is 19.5 Å². The van der Waals surface area contributed by atoms with Gasteiger partial charge in [0.25, 0.3) is 0 Å². The molecule has 1 N–H and O–H groups in total. The Morgan fingerprint density at radius 3 is 2.44 bits per heavy atom. The number of carboxylic acids is 1. The fraction of sp³-hybridized carbons (Fsp3) is 0.250. The molecular formula is C20H20NNaO4S. The van der Waals surface area contributed by atoms with E-state index in [4.69, 9.17) is 0 Å². The van der Waals surface area contributed by atoms with E-state index in [1.807, 2.05) is 18.2 Å². The van der Waals surface area contributed by atoms with Gasteiger partial charge in [0.05, 0.1) is 0 Å². The molecule has 7 heteroatoms. The molecule has 0 unspecified atom stereocenters. The van der Waals surface area contributed by atoms with Gasteiger partial charge in [0.1, 0.15) is 6.04 Å². The summed E-state index contributed by atoms with van der Waals surface area (Å²) < 4.78 is 0. The summed E-state index contributed by atoms with van der Waals surface area (Å²) in [4.78, 5) is 37.8. The predicted molar refractivity (Wildman–Crippen MR) is 103 cm³/mol. The number of benzene rings is 2. The van der Waals surface area contributed by atoms with Crippen molar-refractivity contribution in [2.75, 3.05) is 10.7 Å². The second-order valence-electron chi connectivity index (χ2n) is 6.04. The number of fused-ring (bicyclic) bond motifs is 1. The number of anilines is 1. The van der Waals surface area contributed by atoms with E-state index >= 15 is 0 Å². The van der Waals surface area contributed by atoms with Gasteiger partial charge in [0.15, 0.2) is 0 Å². The first-order chi connectivity index (χ1) is 12.6. The third-order valence-electron chi connectivity index (χ3n) is 4.36. The third-order valence-corrected chi connectivity index (χ3v) is 5.27. The van der Waals surface area contributed by atoms with E-state index in [0.717, 1.165) is 17.3 Å². The van der Waals surface area contributed by atoms with E-state index < -0.39 is 12.0 Å². The van der Waals surface area contributed by atoms with Crippen molar-refractivity contribution in [3.63, 3.8) is 0 Å². The average Bonchev–Trinajstić information content (AvgIpc) is 2.67. The number of carbonyl (C=O) groups is 3. The maximum atomic E-state index is 12.7. The van der Waals surface area contributed by atoms with Gasteiger partial charge in [-0.2, -0.15) is 0 Å². The van der Waals surface area contributed by atoms with E-state index in [0.29, 0.717) is 29.8 Å². The molecule has 136 valence electrons. The van der Waals surface area contributed by atoms with Crippen molar-refractivity contribution in [1.82, 2.24) is 0 Å². The van der Waals surface area contributed by atoms with Gasteiger partial charge in [0, 0.05) is 23.4 Å². The van der Waals surface area contributed by atoms with E-state index in [2.05, 4.69) is 0 Å². The minimum Gasteiger partial charge on any atom is -1.00 e. The van der Waals surface area contributed by atoms with Crippen LogP contribution in [0.2, 0.25) is 0 Å². The summed E-state index contributed by atoms with van der Waals surface area (Å²) in [6.45, 7) is 0. The Bertz CT molecular complexity index is 834. The van der Waals surface area contributed by atoms with Gasteiger partial charge in [-0.05, 0) is 24.5 Å². The fourth-order valence-corrected chi connectivity index (χ4v) is 3.86. The van der Waals surface area contributed by atoms with Crippen molar-refractivity contribution in [2.45, 2.75) is 25.3 Å². The van der Waals surface area contributed by atoms with Gasteiger partial charge >= 0.3 is 35.5 Å². The van der Waals surface area contributed by atoms with Crippen LogP contribution in [0.5, 0.6) is 0 Å². The summed E-state index contributed by atoms with van der Waals surface area (Å²) in [5, 5.41) is 9.40. The molecule has 1 amide bonds. The molecule has 27 heavy (non-hydrogen) atoms. The Balaban J connectivity index is 0.00000196. The average molecular weight is 393 g/mol. The van der Waals surface area contributed by atoms with Gasteiger partial charge in [0.2, 0.25) is 11.0 Å². The Morgan fingerprint density at radius 1 is 1.07 bits per heavy atom. The summed E-state index contributed by atoms with van der Waals surface area (Å²) in [6, 6.07) is 15.4. The van der Waals surface area contributed by atoms with Crippen molar-refractivity contribution < 1.29 is 50.5 Å². The number of thioether (sulfide) groups is 1. The summed E-state index contributed by atoms with van der Waals surface area (Å²) in [5.41, 5.74) is 2.23. The van der Waals surface area contributed by atoms with E-state index in [1.165, 1.54) is 4.90 Å². The number of amides is 1. The van der Waals surface area contributed by atoms with Crippen LogP contribution < -0.4 is 34.5 Å². The zero-order valence-electron chi connectivity index (χ0n) is 16.1. The van der Waals surface area contributed by atoms with Crippen molar-refractivity contribution >= 4 is 34.4 Å². The number of para-hydroxylation sites is 1. The van der Waals surface area contributed by atoms with Crippen molar-refractivity contribution in [2.24, 2.45) is 0 Å². The second kappa shape index (κ2) is 10.1. The molecule has 0 aliphatic carbocycles. The number of hydrogen-bond acceptors (Lipinski definition) is 4. The molecule has 2 aromatic rings. The zero-order chi connectivity index (χ0) is 18.5. The van der Waals surface area contributed by atoms with Crippen LogP contribution >= 0.6 is 11.8 Å². The van der Waals surface area contributed by atoms with Crippen LogP contribution in [0.3, 0.4) is 0 Å². The molecule has 0 fully saturated rings. The molecule has 0 aromatic heterocycles. The first kappa shape index (κ1) is 21.7.